The molecule has 0 spiro atoms. The van der Waals surface area contributed by atoms with E-state index < -0.39 is 0 Å². The topological polar surface area (TPSA) is 75.4 Å². The molecule has 114 valence electrons. The summed E-state index contributed by atoms with van der Waals surface area (Å²) in [6, 6.07) is 3.84. The van der Waals surface area contributed by atoms with Crippen molar-refractivity contribution in [3.8, 4) is 10.8 Å². The van der Waals surface area contributed by atoms with E-state index in [4.69, 9.17) is 9.52 Å². The molecule has 0 aromatic carbocycles. The first kappa shape index (κ1) is 15.7. The molecular weight excluding hydrogens is 288 g/mol. The highest BCUT2D eigenvalue weighted by Crippen LogP contribution is 2.25. The zero-order valence-electron chi connectivity index (χ0n) is 12.3. The molecule has 5 nitrogen and oxygen atoms in total. The van der Waals surface area contributed by atoms with Crippen LogP contribution in [0.5, 0.6) is 0 Å². The van der Waals surface area contributed by atoms with Gasteiger partial charge in [0, 0.05) is 18.0 Å². The maximum Gasteiger partial charge on any atom is 0.226 e. The van der Waals surface area contributed by atoms with Crippen LogP contribution in [-0.4, -0.2) is 28.6 Å². The number of nitrogens with zero attached hydrogens (tertiary/aromatic N) is 1. The van der Waals surface area contributed by atoms with Crippen LogP contribution in [0.4, 0.5) is 0 Å². The Kier molecular flexibility index (Phi) is 5.52. The van der Waals surface area contributed by atoms with Crippen LogP contribution in [0.3, 0.4) is 0 Å². The summed E-state index contributed by atoms with van der Waals surface area (Å²) in [4.78, 5) is 16.3. The Bertz CT molecular complexity index is 591. The Balaban J connectivity index is 1.89. The molecule has 1 unspecified atom stereocenters. The number of carbonyl (C=O) groups excluding carboxylic acids is 1. The monoisotopic (exact) mass is 308 g/mol. The third-order valence-electron chi connectivity index (χ3n) is 3.05. The molecule has 21 heavy (non-hydrogen) atoms. The van der Waals surface area contributed by atoms with E-state index in [2.05, 4.69) is 10.3 Å². The molecule has 2 N–H and O–H groups in total. The van der Waals surface area contributed by atoms with E-state index in [1.807, 2.05) is 31.4 Å². The average molecular weight is 308 g/mol. The van der Waals surface area contributed by atoms with E-state index in [1.165, 1.54) is 11.3 Å². The van der Waals surface area contributed by atoms with Crippen molar-refractivity contribution in [1.82, 2.24) is 10.3 Å². The molecule has 0 bridgehead atoms. The summed E-state index contributed by atoms with van der Waals surface area (Å²) in [5.41, 5.74) is 0.746. The van der Waals surface area contributed by atoms with Gasteiger partial charge < -0.3 is 14.8 Å². The number of aliphatic hydroxyl groups is 1. The lowest BCUT2D eigenvalue weighted by atomic mass is 10.2. The fourth-order valence-corrected chi connectivity index (χ4v) is 2.79. The summed E-state index contributed by atoms with van der Waals surface area (Å²) in [6.07, 6.45) is 1.73. The predicted molar refractivity (Wildman–Crippen MR) is 82.2 cm³/mol. The Morgan fingerprint density at radius 3 is 3.00 bits per heavy atom. The number of thiazole rings is 1. The second-order valence-corrected chi connectivity index (χ2v) is 5.92. The van der Waals surface area contributed by atoms with Gasteiger partial charge in [0.05, 0.1) is 12.1 Å². The van der Waals surface area contributed by atoms with Crippen LogP contribution in [0.25, 0.3) is 10.8 Å². The summed E-state index contributed by atoms with van der Waals surface area (Å²) in [7, 11) is 0. The molecule has 0 saturated carbocycles. The summed E-state index contributed by atoms with van der Waals surface area (Å²) in [5.74, 6) is 1.53. The van der Waals surface area contributed by atoms with Gasteiger partial charge in [-0.3, -0.25) is 4.79 Å². The quantitative estimate of drug-likeness (QED) is 0.824. The molecule has 0 aliphatic carbocycles. The molecule has 1 amide bonds. The number of aryl methyl sites for hydroxylation is 1. The van der Waals surface area contributed by atoms with Gasteiger partial charge in [-0.2, -0.15) is 0 Å². The SMILES string of the molecule is Cc1ccc(-c2nc(CC(=O)NC(C)CCCO)cs2)o1. The third kappa shape index (κ3) is 4.68. The molecule has 0 aliphatic heterocycles. The Morgan fingerprint density at radius 2 is 2.33 bits per heavy atom. The van der Waals surface area contributed by atoms with Crippen LogP contribution < -0.4 is 5.32 Å². The van der Waals surface area contributed by atoms with Gasteiger partial charge >= 0.3 is 0 Å². The smallest absolute Gasteiger partial charge is 0.226 e. The van der Waals surface area contributed by atoms with Crippen LogP contribution in [-0.2, 0) is 11.2 Å². The number of amides is 1. The summed E-state index contributed by atoms with van der Waals surface area (Å²) >= 11 is 1.47. The fourth-order valence-electron chi connectivity index (χ4n) is 2.01. The Labute approximate surface area is 128 Å². The van der Waals surface area contributed by atoms with Gasteiger partial charge in [0.15, 0.2) is 10.8 Å². The molecule has 1 atom stereocenters. The van der Waals surface area contributed by atoms with Crippen LogP contribution in [0.15, 0.2) is 21.9 Å². The van der Waals surface area contributed by atoms with Crippen LogP contribution in [0.2, 0.25) is 0 Å². The molecule has 0 radical (unpaired) electrons. The predicted octanol–water partition coefficient (Wildman–Crippen LogP) is 2.53. The highest BCUT2D eigenvalue weighted by atomic mass is 32.1. The van der Waals surface area contributed by atoms with E-state index in [1.54, 1.807) is 0 Å². The molecule has 2 aromatic rings. The maximum atomic E-state index is 11.9. The maximum absolute atomic E-state index is 11.9. The van der Waals surface area contributed by atoms with Crippen molar-refractivity contribution in [2.75, 3.05) is 6.61 Å². The van der Waals surface area contributed by atoms with E-state index in [0.717, 1.165) is 28.6 Å². The lowest BCUT2D eigenvalue weighted by Crippen LogP contribution is -2.33. The Morgan fingerprint density at radius 1 is 1.52 bits per heavy atom. The molecule has 6 heteroatoms. The summed E-state index contributed by atoms with van der Waals surface area (Å²) in [6.45, 7) is 3.98. The van der Waals surface area contributed by atoms with E-state index in [-0.39, 0.29) is 25.0 Å². The number of aromatic nitrogens is 1. The van der Waals surface area contributed by atoms with Crippen LogP contribution in [0.1, 0.15) is 31.2 Å². The van der Waals surface area contributed by atoms with Gasteiger partial charge in [-0.25, -0.2) is 4.98 Å². The lowest BCUT2D eigenvalue weighted by molar-refractivity contribution is -0.121. The van der Waals surface area contributed by atoms with Gasteiger partial charge in [0.2, 0.25) is 5.91 Å². The minimum Gasteiger partial charge on any atom is -0.459 e. The summed E-state index contributed by atoms with van der Waals surface area (Å²) in [5, 5.41) is 14.3. The van der Waals surface area contributed by atoms with Crippen molar-refractivity contribution < 1.29 is 14.3 Å². The number of hydrogen-bond donors (Lipinski definition) is 2. The number of furan rings is 1. The van der Waals surface area contributed by atoms with Crippen molar-refractivity contribution in [1.29, 1.82) is 0 Å². The van der Waals surface area contributed by atoms with E-state index >= 15 is 0 Å². The van der Waals surface area contributed by atoms with Crippen molar-refractivity contribution in [2.45, 2.75) is 39.2 Å². The first-order chi connectivity index (χ1) is 10.1. The molecule has 2 rings (SSSR count). The standard InChI is InChI=1S/C15H20N2O3S/c1-10(4-3-7-18)16-14(19)8-12-9-21-15(17-12)13-6-5-11(2)20-13/h5-6,9-10,18H,3-4,7-8H2,1-2H3,(H,16,19). The van der Waals surface area contributed by atoms with Gasteiger partial charge in [0.1, 0.15) is 5.76 Å². The lowest BCUT2D eigenvalue weighted by Gasteiger charge is -2.12. The minimum absolute atomic E-state index is 0.0482. The van der Waals surface area contributed by atoms with Gasteiger partial charge in [0.25, 0.3) is 0 Å². The third-order valence-corrected chi connectivity index (χ3v) is 3.95. The zero-order chi connectivity index (χ0) is 15.2. The van der Waals surface area contributed by atoms with Gasteiger partial charge in [-0.05, 0) is 38.8 Å². The molecule has 0 aliphatic rings. The number of carbonyl (C=O) groups is 1. The minimum atomic E-state index is -0.0482. The first-order valence-corrected chi connectivity index (χ1v) is 7.88. The normalized spacial score (nSPS) is 12.3. The molecule has 0 fully saturated rings. The van der Waals surface area contributed by atoms with E-state index in [9.17, 15) is 4.79 Å². The highest BCUT2D eigenvalue weighted by Gasteiger charge is 2.12. The average Bonchev–Trinajstić information content (AvgIpc) is 3.05. The number of hydrogen-bond acceptors (Lipinski definition) is 5. The van der Waals surface area contributed by atoms with E-state index in [0.29, 0.717) is 6.42 Å². The number of aliphatic hydroxyl groups excluding tert-OH is 1. The molecule has 2 heterocycles. The fraction of sp³-hybridized carbons (Fsp3) is 0.467. The Hall–Kier alpha value is -1.66. The largest absolute Gasteiger partial charge is 0.459 e. The highest BCUT2D eigenvalue weighted by molar-refractivity contribution is 7.13. The van der Waals surface area contributed by atoms with Crippen molar-refractivity contribution in [3.63, 3.8) is 0 Å². The first-order valence-electron chi connectivity index (χ1n) is 7.00. The number of nitrogens with one attached hydrogen (secondary N) is 1. The van der Waals surface area contributed by atoms with Crippen LogP contribution >= 0.6 is 11.3 Å². The van der Waals surface area contributed by atoms with Crippen molar-refractivity contribution >= 4 is 17.2 Å². The second kappa shape index (κ2) is 7.38. The van der Waals surface area contributed by atoms with Gasteiger partial charge in [-0.15, -0.1) is 11.3 Å². The number of rotatable bonds is 7. The van der Waals surface area contributed by atoms with Crippen molar-refractivity contribution in [2.24, 2.45) is 0 Å². The van der Waals surface area contributed by atoms with Gasteiger partial charge in [-0.1, -0.05) is 0 Å². The summed E-state index contributed by atoms with van der Waals surface area (Å²) < 4.78 is 5.52. The zero-order valence-corrected chi connectivity index (χ0v) is 13.1. The van der Waals surface area contributed by atoms with Crippen LogP contribution in [0, 0.1) is 6.92 Å². The van der Waals surface area contributed by atoms with Crippen molar-refractivity contribution in [3.05, 3.63) is 29.0 Å². The molecule has 2 aromatic heterocycles. The molecule has 0 saturated heterocycles. The second-order valence-electron chi connectivity index (χ2n) is 5.07. The molecular formula is C15H20N2O3S.